The molecule has 1 aromatic heterocycles. The lowest BCUT2D eigenvalue weighted by molar-refractivity contribution is -0.383. The Labute approximate surface area is 113 Å². The molecule has 0 spiro atoms. The molecule has 0 aliphatic rings. The van der Waals surface area contributed by atoms with Crippen molar-refractivity contribution >= 4 is 16.5 Å². The van der Waals surface area contributed by atoms with Gasteiger partial charge in [-0.2, -0.15) is 5.26 Å². The van der Waals surface area contributed by atoms with Crippen LogP contribution in [-0.2, 0) is 0 Å². The summed E-state index contributed by atoms with van der Waals surface area (Å²) in [4.78, 5) is 24.4. The lowest BCUT2D eigenvalue weighted by Gasteiger charge is -2.11. The highest BCUT2D eigenvalue weighted by Crippen LogP contribution is 2.29. The van der Waals surface area contributed by atoms with Crippen LogP contribution in [0.15, 0.2) is 23.1 Å². The number of H-pyrrole nitrogens is 1. The van der Waals surface area contributed by atoms with Gasteiger partial charge in [0.1, 0.15) is 11.8 Å². The van der Waals surface area contributed by atoms with Crippen molar-refractivity contribution in [1.29, 1.82) is 5.26 Å². The van der Waals surface area contributed by atoms with E-state index < -0.39 is 10.5 Å². The summed E-state index contributed by atoms with van der Waals surface area (Å²) >= 11 is 0. The quantitative estimate of drug-likeness (QED) is 0.680. The molecule has 0 amide bonds. The van der Waals surface area contributed by atoms with E-state index >= 15 is 0 Å². The van der Waals surface area contributed by atoms with E-state index in [0.29, 0.717) is 0 Å². The second-order valence-electron chi connectivity index (χ2n) is 4.43. The molecule has 20 heavy (non-hydrogen) atoms. The van der Waals surface area contributed by atoms with E-state index in [2.05, 4.69) is 4.98 Å². The molecule has 2 aromatic rings. The highest BCUT2D eigenvalue weighted by atomic mass is 16.6. The van der Waals surface area contributed by atoms with E-state index in [1.807, 2.05) is 6.07 Å². The zero-order valence-corrected chi connectivity index (χ0v) is 10.8. The van der Waals surface area contributed by atoms with Gasteiger partial charge < -0.3 is 9.72 Å². The number of hydrogen-bond donors (Lipinski definition) is 1. The summed E-state index contributed by atoms with van der Waals surface area (Å²) in [7, 11) is 0. The molecule has 0 bridgehead atoms. The zero-order chi connectivity index (χ0) is 14.9. The summed E-state index contributed by atoms with van der Waals surface area (Å²) in [6.07, 6.45) is 0.840. The number of hydrogen-bond acceptors (Lipinski definition) is 5. The molecular formula is C13H11N3O4. The second-order valence-corrected chi connectivity index (χ2v) is 4.43. The molecular weight excluding hydrogens is 262 g/mol. The van der Waals surface area contributed by atoms with Crippen LogP contribution < -0.4 is 10.3 Å². The largest absolute Gasteiger partial charge is 0.490 e. The van der Waals surface area contributed by atoms with Gasteiger partial charge >= 0.3 is 0 Å². The molecule has 1 aromatic carbocycles. The Hall–Kier alpha value is -2.88. The second kappa shape index (κ2) is 5.01. The highest BCUT2D eigenvalue weighted by Gasteiger charge is 2.18. The summed E-state index contributed by atoms with van der Waals surface area (Å²) in [5, 5.41) is 20.3. The summed E-state index contributed by atoms with van der Waals surface area (Å²) in [5.74, 6) is 0.237. The Bertz CT molecular complexity index is 787. The van der Waals surface area contributed by atoms with Crippen LogP contribution in [0, 0.1) is 21.4 Å². The zero-order valence-electron chi connectivity index (χ0n) is 10.8. The topological polar surface area (TPSA) is 109 Å². The van der Waals surface area contributed by atoms with Gasteiger partial charge in [-0.05, 0) is 26.0 Å². The third-order valence-electron chi connectivity index (χ3n) is 2.66. The standard InChI is InChI=1S/C13H11N3O4/c1-7(2)20-12-4-10-9(3-8(12)5-14)11(16(18)19)6-15-13(10)17/h3-4,6-7H,1-2H3,(H,15,17). The molecule has 1 heterocycles. The van der Waals surface area contributed by atoms with E-state index in [4.69, 9.17) is 10.00 Å². The molecule has 0 aliphatic heterocycles. The number of aromatic nitrogens is 1. The van der Waals surface area contributed by atoms with Crippen LogP contribution in [0.25, 0.3) is 10.8 Å². The van der Waals surface area contributed by atoms with Crippen molar-refractivity contribution in [3.8, 4) is 11.8 Å². The van der Waals surface area contributed by atoms with E-state index in [1.165, 1.54) is 12.1 Å². The third kappa shape index (κ3) is 2.31. The molecule has 7 nitrogen and oxygen atoms in total. The summed E-state index contributed by atoms with van der Waals surface area (Å²) in [6, 6.07) is 4.59. The van der Waals surface area contributed by atoms with Gasteiger partial charge in [0.2, 0.25) is 0 Å². The van der Waals surface area contributed by atoms with Gasteiger partial charge in [0.05, 0.1) is 33.6 Å². The van der Waals surface area contributed by atoms with Crippen molar-refractivity contribution in [2.45, 2.75) is 20.0 Å². The Kier molecular flexibility index (Phi) is 3.39. The first-order valence-corrected chi connectivity index (χ1v) is 5.84. The molecule has 0 saturated carbocycles. The monoisotopic (exact) mass is 273 g/mol. The fourth-order valence-electron chi connectivity index (χ4n) is 1.86. The SMILES string of the molecule is CC(C)Oc1cc2c(=O)[nH]cc([N+](=O)[O-])c2cc1C#N. The van der Waals surface area contributed by atoms with Gasteiger partial charge in [-0.3, -0.25) is 14.9 Å². The summed E-state index contributed by atoms with van der Waals surface area (Å²) < 4.78 is 5.45. The van der Waals surface area contributed by atoms with E-state index in [0.717, 1.165) is 6.20 Å². The minimum Gasteiger partial charge on any atom is -0.490 e. The molecule has 7 heteroatoms. The Morgan fingerprint density at radius 1 is 1.40 bits per heavy atom. The number of nitriles is 1. The van der Waals surface area contributed by atoms with Crippen LogP contribution in [0.3, 0.4) is 0 Å². The number of rotatable bonds is 3. The van der Waals surface area contributed by atoms with Crippen molar-refractivity contribution in [3.63, 3.8) is 0 Å². The Morgan fingerprint density at radius 3 is 2.65 bits per heavy atom. The maximum Gasteiger partial charge on any atom is 0.293 e. The summed E-state index contributed by atoms with van der Waals surface area (Å²) in [5.41, 5.74) is -0.573. The van der Waals surface area contributed by atoms with Crippen molar-refractivity contribution < 1.29 is 9.66 Å². The minimum atomic E-state index is -0.609. The Morgan fingerprint density at radius 2 is 2.10 bits per heavy atom. The Balaban J connectivity index is 2.83. The molecule has 102 valence electrons. The van der Waals surface area contributed by atoms with Crippen LogP contribution in [0.4, 0.5) is 5.69 Å². The van der Waals surface area contributed by atoms with E-state index in [9.17, 15) is 14.9 Å². The minimum absolute atomic E-state index is 0.117. The average Bonchev–Trinajstić information content (AvgIpc) is 2.38. The summed E-state index contributed by atoms with van der Waals surface area (Å²) in [6.45, 7) is 3.56. The number of aromatic amines is 1. The lowest BCUT2D eigenvalue weighted by Crippen LogP contribution is -2.10. The molecule has 1 N–H and O–H groups in total. The number of fused-ring (bicyclic) bond motifs is 1. The molecule has 0 saturated heterocycles. The number of nitrogens with one attached hydrogen (secondary N) is 1. The number of ether oxygens (including phenoxy) is 1. The maximum atomic E-state index is 11.8. The van der Waals surface area contributed by atoms with E-state index in [1.54, 1.807) is 13.8 Å². The van der Waals surface area contributed by atoms with E-state index in [-0.39, 0.29) is 33.9 Å². The van der Waals surface area contributed by atoms with Gasteiger partial charge in [0.15, 0.2) is 0 Å². The normalized spacial score (nSPS) is 10.5. The van der Waals surface area contributed by atoms with Crippen LogP contribution in [0.1, 0.15) is 19.4 Å². The predicted octanol–water partition coefficient (Wildman–Crippen LogP) is 2.10. The molecule has 0 atom stereocenters. The highest BCUT2D eigenvalue weighted by molar-refractivity contribution is 5.92. The maximum absolute atomic E-state index is 11.8. The first kappa shape index (κ1) is 13.5. The van der Waals surface area contributed by atoms with Crippen molar-refractivity contribution in [3.05, 3.63) is 44.4 Å². The number of benzene rings is 1. The van der Waals surface area contributed by atoms with Gasteiger partial charge in [-0.15, -0.1) is 0 Å². The van der Waals surface area contributed by atoms with Crippen LogP contribution in [0.5, 0.6) is 5.75 Å². The number of pyridine rings is 1. The number of nitrogens with zero attached hydrogens (tertiary/aromatic N) is 2. The third-order valence-corrected chi connectivity index (χ3v) is 2.66. The van der Waals surface area contributed by atoms with Gasteiger partial charge in [0, 0.05) is 0 Å². The lowest BCUT2D eigenvalue weighted by atomic mass is 10.1. The first-order chi connectivity index (χ1) is 9.43. The fourth-order valence-corrected chi connectivity index (χ4v) is 1.86. The molecule has 2 rings (SSSR count). The predicted molar refractivity (Wildman–Crippen MR) is 71.7 cm³/mol. The molecule has 0 aliphatic carbocycles. The van der Waals surface area contributed by atoms with Crippen molar-refractivity contribution in [2.24, 2.45) is 0 Å². The number of nitro groups is 1. The van der Waals surface area contributed by atoms with Crippen LogP contribution in [0.2, 0.25) is 0 Å². The van der Waals surface area contributed by atoms with Crippen LogP contribution >= 0.6 is 0 Å². The first-order valence-electron chi connectivity index (χ1n) is 5.84. The van der Waals surface area contributed by atoms with Gasteiger partial charge in [-0.1, -0.05) is 0 Å². The van der Waals surface area contributed by atoms with Crippen molar-refractivity contribution in [1.82, 2.24) is 4.98 Å². The van der Waals surface area contributed by atoms with Crippen molar-refractivity contribution in [2.75, 3.05) is 0 Å². The van der Waals surface area contributed by atoms with Gasteiger partial charge in [0.25, 0.3) is 11.2 Å². The smallest absolute Gasteiger partial charge is 0.293 e. The molecule has 0 unspecified atom stereocenters. The molecule has 0 fully saturated rings. The molecule has 0 radical (unpaired) electrons. The average molecular weight is 273 g/mol. The van der Waals surface area contributed by atoms with Crippen LogP contribution in [-0.4, -0.2) is 16.0 Å². The van der Waals surface area contributed by atoms with Gasteiger partial charge in [-0.25, -0.2) is 0 Å². The fraction of sp³-hybridized carbons (Fsp3) is 0.231.